The highest BCUT2D eigenvalue weighted by atomic mass is 16.2. The molecule has 0 spiro atoms. The van der Waals surface area contributed by atoms with Crippen molar-refractivity contribution in [1.82, 2.24) is 10.6 Å². The lowest BCUT2D eigenvalue weighted by molar-refractivity contribution is -0.118. The van der Waals surface area contributed by atoms with Crippen LogP contribution in [0.15, 0.2) is 24.3 Å². The number of carbonyl (C=O) groups is 2. The van der Waals surface area contributed by atoms with E-state index in [2.05, 4.69) is 37.5 Å². The average molecular weight is 303 g/mol. The number of hydrogen-bond donors (Lipinski definition) is 2. The molecule has 3 amide bonds. The zero-order valence-electron chi connectivity index (χ0n) is 13.6. The van der Waals surface area contributed by atoms with Gasteiger partial charge in [-0.05, 0) is 37.3 Å². The summed E-state index contributed by atoms with van der Waals surface area (Å²) in [6.07, 6.45) is 1.84. The number of amides is 3. The Morgan fingerprint density at radius 1 is 1.32 bits per heavy atom. The molecule has 0 aliphatic carbocycles. The van der Waals surface area contributed by atoms with Crippen LogP contribution in [0.4, 0.5) is 10.5 Å². The molecule has 0 fully saturated rings. The van der Waals surface area contributed by atoms with Crippen LogP contribution in [0, 0.1) is 5.92 Å². The predicted molar refractivity (Wildman–Crippen MR) is 88.0 cm³/mol. The lowest BCUT2D eigenvalue weighted by Gasteiger charge is -2.24. The largest absolute Gasteiger partial charge is 0.359 e. The van der Waals surface area contributed by atoms with Gasteiger partial charge < -0.3 is 10.2 Å². The van der Waals surface area contributed by atoms with Crippen molar-refractivity contribution >= 4 is 17.6 Å². The van der Waals surface area contributed by atoms with E-state index in [-0.39, 0.29) is 18.5 Å². The van der Waals surface area contributed by atoms with Crippen LogP contribution >= 0.6 is 0 Å². The van der Waals surface area contributed by atoms with Crippen LogP contribution < -0.4 is 15.5 Å². The second kappa shape index (κ2) is 7.29. The maximum Gasteiger partial charge on any atom is 0.321 e. The standard InChI is InChI=1S/C17H25N3O2/c1-12(2)8-9-18-17(22)19-16(21)11-20-13(3)10-14-6-4-5-7-15(14)20/h4-7,12-13H,8-11H2,1-3H3,(H2,18,19,21,22)/t13-/m0/s1. The van der Waals surface area contributed by atoms with E-state index in [1.807, 2.05) is 23.1 Å². The lowest BCUT2D eigenvalue weighted by atomic mass is 10.1. The van der Waals surface area contributed by atoms with Crippen molar-refractivity contribution in [2.45, 2.75) is 39.7 Å². The number of nitrogens with zero attached hydrogens (tertiary/aromatic N) is 1. The number of para-hydroxylation sites is 1. The predicted octanol–water partition coefficient (Wildman–Crippen LogP) is 2.31. The van der Waals surface area contributed by atoms with Gasteiger partial charge in [0.15, 0.2) is 0 Å². The van der Waals surface area contributed by atoms with Crippen LogP contribution in [0.25, 0.3) is 0 Å². The van der Waals surface area contributed by atoms with Crippen molar-refractivity contribution in [3.63, 3.8) is 0 Å². The molecule has 0 saturated carbocycles. The highest BCUT2D eigenvalue weighted by Crippen LogP contribution is 2.31. The molecule has 22 heavy (non-hydrogen) atoms. The topological polar surface area (TPSA) is 61.4 Å². The normalized spacial score (nSPS) is 16.5. The van der Waals surface area contributed by atoms with E-state index in [1.165, 1.54) is 5.56 Å². The molecule has 1 atom stereocenters. The second-order valence-corrected chi connectivity index (χ2v) is 6.30. The van der Waals surface area contributed by atoms with E-state index in [0.717, 1.165) is 18.5 Å². The summed E-state index contributed by atoms with van der Waals surface area (Å²) in [7, 11) is 0. The van der Waals surface area contributed by atoms with Crippen molar-refractivity contribution in [3.8, 4) is 0 Å². The number of benzene rings is 1. The third-order valence-corrected chi connectivity index (χ3v) is 3.92. The average Bonchev–Trinajstić information content (AvgIpc) is 2.74. The first kappa shape index (κ1) is 16.3. The first-order chi connectivity index (χ1) is 10.5. The maximum atomic E-state index is 12.0. The zero-order valence-corrected chi connectivity index (χ0v) is 13.6. The summed E-state index contributed by atoms with van der Waals surface area (Å²) in [4.78, 5) is 25.8. The summed E-state index contributed by atoms with van der Waals surface area (Å²) in [5, 5.41) is 5.11. The summed E-state index contributed by atoms with van der Waals surface area (Å²) in [6.45, 7) is 7.07. The Bertz CT molecular complexity index is 542. The summed E-state index contributed by atoms with van der Waals surface area (Å²) in [5.41, 5.74) is 2.34. The van der Waals surface area contributed by atoms with Gasteiger partial charge in [-0.3, -0.25) is 10.1 Å². The Hall–Kier alpha value is -2.04. The van der Waals surface area contributed by atoms with Gasteiger partial charge in [-0.25, -0.2) is 4.79 Å². The molecule has 0 bridgehead atoms. The molecule has 2 N–H and O–H groups in total. The Morgan fingerprint density at radius 2 is 2.05 bits per heavy atom. The quantitative estimate of drug-likeness (QED) is 0.877. The minimum Gasteiger partial charge on any atom is -0.359 e. The smallest absolute Gasteiger partial charge is 0.321 e. The molecule has 5 nitrogen and oxygen atoms in total. The Kier molecular flexibility index (Phi) is 5.41. The van der Waals surface area contributed by atoms with Crippen molar-refractivity contribution in [2.24, 2.45) is 5.92 Å². The van der Waals surface area contributed by atoms with Gasteiger partial charge in [-0.1, -0.05) is 32.0 Å². The molecule has 0 radical (unpaired) electrons. The first-order valence-electron chi connectivity index (χ1n) is 7.89. The van der Waals surface area contributed by atoms with Gasteiger partial charge >= 0.3 is 6.03 Å². The van der Waals surface area contributed by atoms with Crippen molar-refractivity contribution in [1.29, 1.82) is 0 Å². The van der Waals surface area contributed by atoms with Gasteiger partial charge in [0.2, 0.25) is 5.91 Å². The molecule has 2 rings (SSSR count). The number of anilines is 1. The third-order valence-electron chi connectivity index (χ3n) is 3.92. The van der Waals surface area contributed by atoms with Crippen LogP contribution in [0.3, 0.4) is 0 Å². The highest BCUT2D eigenvalue weighted by molar-refractivity contribution is 5.96. The molecule has 1 aromatic carbocycles. The van der Waals surface area contributed by atoms with Crippen molar-refractivity contribution < 1.29 is 9.59 Å². The van der Waals surface area contributed by atoms with Gasteiger partial charge in [0.1, 0.15) is 0 Å². The molecule has 1 aromatic rings. The number of nitrogens with one attached hydrogen (secondary N) is 2. The van der Waals surface area contributed by atoms with Gasteiger partial charge in [0.25, 0.3) is 0 Å². The fraction of sp³-hybridized carbons (Fsp3) is 0.529. The number of fused-ring (bicyclic) bond motifs is 1. The Balaban J connectivity index is 1.83. The molecular weight excluding hydrogens is 278 g/mol. The molecule has 1 aliphatic heterocycles. The Labute approximate surface area is 132 Å². The minimum absolute atomic E-state index is 0.204. The summed E-state index contributed by atoms with van der Waals surface area (Å²) in [5.74, 6) is 0.253. The fourth-order valence-electron chi connectivity index (χ4n) is 2.71. The van der Waals surface area contributed by atoms with Gasteiger partial charge in [-0.2, -0.15) is 0 Å². The lowest BCUT2D eigenvalue weighted by Crippen LogP contribution is -2.46. The SMILES string of the molecule is CC(C)CCNC(=O)NC(=O)CN1c2ccccc2C[C@@H]1C. The van der Waals surface area contributed by atoms with Crippen molar-refractivity contribution in [2.75, 3.05) is 18.0 Å². The van der Waals surface area contributed by atoms with Crippen LogP contribution in [-0.2, 0) is 11.2 Å². The van der Waals surface area contributed by atoms with Crippen molar-refractivity contribution in [3.05, 3.63) is 29.8 Å². The summed E-state index contributed by atoms with van der Waals surface area (Å²) >= 11 is 0. The minimum atomic E-state index is -0.411. The number of imide groups is 1. The highest BCUT2D eigenvalue weighted by Gasteiger charge is 2.27. The fourth-order valence-corrected chi connectivity index (χ4v) is 2.71. The monoisotopic (exact) mass is 303 g/mol. The van der Waals surface area contributed by atoms with Gasteiger partial charge in [-0.15, -0.1) is 0 Å². The van der Waals surface area contributed by atoms with E-state index in [1.54, 1.807) is 0 Å². The van der Waals surface area contributed by atoms with Crippen LogP contribution in [0.5, 0.6) is 0 Å². The third kappa shape index (κ3) is 4.23. The molecule has 0 unspecified atom stereocenters. The molecular formula is C17H25N3O2. The van der Waals surface area contributed by atoms with E-state index in [9.17, 15) is 9.59 Å². The number of urea groups is 1. The zero-order chi connectivity index (χ0) is 16.1. The summed E-state index contributed by atoms with van der Waals surface area (Å²) in [6, 6.07) is 7.95. The van der Waals surface area contributed by atoms with E-state index < -0.39 is 6.03 Å². The molecule has 1 heterocycles. The number of rotatable bonds is 5. The van der Waals surface area contributed by atoms with E-state index in [0.29, 0.717) is 12.5 Å². The van der Waals surface area contributed by atoms with E-state index >= 15 is 0 Å². The second-order valence-electron chi connectivity index (χ2n) is 6.30. The first-order valence-corrected chi connectivity index (χ1v) is 7.89. The van der Waals surface area contributed by atoms with Crippen LogP contribution in [0.2, 0.25) is 0 Å². The molecule has 0 aromatic heterocycles. The maximum absolute atomic E-state index is 12.0. The number of carbonyl (C=O) groups excluding carboxylic acids is 2. The summed E-state index contributed by atoms with van der Waals surface area (Å²) < 4.78 is 0. The van der Waals surface area contributed by atoms with Crippen LogP contribution in [-0.4, -0.2) is 31.1 Å². The van der Waals surface area contributed by atoms with Crippen LogP contribution in [0.1, 0.15) is 32.8 Å². The molecule has 120 valence electrons. The van der Waals surface area contributed by atoms with Gasteiger partial charge in [0, 0.05) is 18.3 Å². The number of hydrogen-bond acceptors (Lipinski definition) is 3. The van der Waals surface area contributed by atoms with Gasteiger partial charge in [0.05, 0.1) is 6.54 Å². The molecule has 1 aliphatic rings. The molecule has 5 heteroatoms. The van der Waals surface area contributed by atoms with E-state index in [4.69, 9.17) is 0 Å². The molecule has 0 saturated heterocycles. The Morgan fingerprint density at radius 3 is 2.77 bits per heavy atom.